The lowest BCUT2D eigenvalue weighted by Gasteiger charge is -2.10. The van der Waals surface area contributed by atoms with Gasteiger partial charge in [0.05, 0.1) is 29.3 Å². The number of nitrogens with zero attached hydrogens (tertiary/aromatic N) is 1. The number of carbonyl (C=O) groups is 2. The van der Waals surface area contributed by atoms with Crippen LogP contribution in [0.5, 0.6) is 5.75 Å². The summed E-state index contributed by atoms with van der Waals surface area (Å²) in [6, 6.07) is 11.0. The maximum Gasteiger partial charge on any atom is 0.274 e. The molecule has 2 aromatic carbocycles. The summed E-state index contributed by atoms with van der Waals surface area (Å²) in [6.07, 6.45) is 0. The SMILES string of the molecule is CCOc1ccc(C(=O)NCC(=O)Nc2cccc([N+](=O)[O-])c2C)cc1. The maximum absolute atomic E-state index is 12.1. The fourth-order valence-corrected chi connectivity index (χ4v) is 2.28. The van der Waals surface area contributed by atoms with Crippen LogP contribution in [0.2, 0.25) is 0 Å². The highest BCUT2D eigenvalue weighted by Crippen LogP contribution is 2.24. The van der Waals surface area contributed by atoms with Crippen molar-refractivity contribution in [2.75, 3.05) is 18.5 Å². The van der Waals surface area contributed by atoms with E-state index >= 15 is 0 Å². The fraction of sp³-hybridized carbons (Fsp3) is 0.222. The van der Waals surface area contributed by atoms with Crippen LogP contribution in [0, 0.1) is 17.0 Å². The molecule has 0 saturated carbocycles. The predicted octanol–water partition coefficient (Wildman–Crippen LogP) is 2.67. The third-order valence-electron chi connectivity index (χ3n) is 3.61. The summed E-state index contributed by atoms with van der Waals surface area (Å²) in [7, 11) is 0. The average Bonchev–Trinajstić information content (AvgIpc) is 2.62. The van der Waals surface area contributed by atoms with E-state index in [4.69, 9.17) is 4.74 Å². The zero-order valence-corrected chi connectivity index (χ0v) is 14.4. The lowest BCUT2D eigenvalue weighted by atomic mass is 10.1. The second-order valence-electron chi connectivity index (χ2n) is 5.40. The van der Waals surface area contributed by atoms with E-state index in [1.54, 1.807) is 37.3 Å². The van der Waals surface area contributed by atoms with E-state index in [1.165, 1.54) is 12.1 Å². The lowest BCUT2D eigenvalue weighted by Crippen LogP contribution is -2.33. The number of rotatable bonds is 7. The Bertz CT molecular complexity index is 818. The minimum absolute atomic E-state index is 0.0822. The molecule has 0 aromatic heterocycles. The second-order valence-corrected chi connectivity index (χ2v) is 5.40. The molecule has 0 atom stereocenters. The van der Waals surface area contributed by atoms with Crippen molar-refractivity contribution in [3.05, 3.63) is 63.7 Å². The van der Waals surface area contributed by atoms with Gasteiger partial charge in [-0.3, -0.25) is 19.7 Å². The molecule has 0 fully saturated rings. The van der Waals surface area contributed by atoms with Crippen molar-refractivity contribution < 1.29 is 19.2 Å². The molecule has 0 aliphatic rings. The van der Waals surface area contributed by atoms with Crippen LogP contribution in [0.15, 0.2) is 42.5 Å². The summed E-state index contributed by atoms with van der Waals surface area (Å²) in [6.45, 7) is 3.69. The van der Waals surface area contributed by atoms with E-state index in [0.29, 0.717) is 29.2 Å². The Morgan fingerprint density at radius 1 is 1.15 bits per heavy atom. The molecule has 136 valence electrons. The second kappa shape index (κ2) is 8.61. The molecule has 0 saturated heterocycles. The number of nitrogens with one attached hydrogen (secondary N) is 2. The first-order valence-electron chi connectivity index (χ1n) is 7.97. The normalized spacial score (nSPS) is 10.1. The topological polar surface area (TPSA) is 111 Å². The minimum atomic E-state index is -0.515. The third kappa shape index (κ3) is 4.79. The van der Waals surface area contributed by atoms with Gasteiger partial charge >= 0.3 is 0 Å². The lowest BCUT2D eigenvalue weighted by molar-refractivity contribution is -0.385. The number of hydrogen-bond acceptors (Lipinski definition) is 5. The summed E-state index contributed by atoms with van der Waals surface area (Å²) in [5.74, 6) is -0.227. The zero-order chi connectivity index (χ0) is 19.1. The van der Waals surface area contributed by atoms with Crippen LogP contribution in [-0.4, -0.2) is 29.9 Å². The van der Waals surface area contributed by atoms with Gasteiger partial charge in [-0.2, -0.15) is 0 Å². The molecule has 8 nitrogen and oxygen atoms in total. The first kappa shape index (κ1) is 18.9. The molecule has 2 aromatic rings. The van der Waals surface area contributed by atoms with Gasteiger partial charge in [0.2, 0.25) is 5.91 Å². The molecule has 0 spiro atoms. The summed E-state index contributed by atoms with van der Waals surface area (Å²) in [5.41, 5.74) is 0.997. The molecule has 0 bridgehead atoms. The summed E-state index contributed by atoms with van der Waals surface area (Å²) < 4.78 is 5.30. The van der Waals surface area contributed by atoms with Crippen molar-refractivity contribution in [2.24, 2.45) is 0 Å². The number of carbonyl (C=O) groups excluding carboxylic acids is 2. The fourth-order valence-electron chi connectivity index (χ4n) is 2.28. The molecular weight excluding hydrogens is 338 g/mol. The molecule has 26 heavy (non-hydrogen) atoms. The Balaban J connectivity index is 1.93. The first-order chi connectivity index (χ1) is 12.4. The highest BCUT2D eigenvalue weighted by molar-refractivity contribution is 5.99. The van der Waals surface area contributed by atoms with Gasteiger partial charge < -0.3 is 15.4 Å². The Kier molecular flexibility index (Phi) is 6.26. The van der Waals surface area contributed by atoms with Crippen LogP contribution in [-0.2, 0) is 4.79 Å². The van der Waals surface area contributed by atoms with E-state index in [1.807, 2.05) is 6.92 Å². The number of benzene rings is 2. The largest absolute Gasteiger partial charge is 0.494 e. The van der Waals surface area contributed by atoms with Crippen molar-refractivity contribution in [3.63, 3.8) is 0 Å². The predicted molar refractivity (Wildman–Crippen MR) is 96.4 cm³/mol. The Morgan fingerprint density at radius 3 is 2.46 bits per heavy atom. The van der Waals surface area contributed by atoms with Crippen LogP contribution >= 0.6 is 0 Å². The Morgan fingerprint density at radius 2 is 1.85 bits per heavy atom. The van der Waals surface area contributed by atoms with Crippen molar-refractivity contribution >= 4 is 23.2 Å². The van der Waals surface area contributed by atoms with Gasteiger partial charge in [0, 0.05) is 11.6 Å². The first-order valence-corrected chi connectivity index (χ1v) is 7.97. The standard InChI is InChI=1S/C18H19N3O5/c1-3-26-14-9-7-13(8-10-14)18(23)19-11-17(22)20-15-5-4-6-16(12(15)2)21(24)25/h4-10H,3,11H2,1-2H3,(H,19,23)(H,20,22). The Hall–Kier alpha value is -3.42. The molecule has 2 N–H and O–H groups in total. The van der Waals surface area contributed by atoms with Crippen LogP contribution in [0.4, 0.5) is 11.4 Å². The molecular formula is C18H19N3O5. The number of hydrogen-bond donors (Lipinski definition) is 2. The molecule has 0 heterocycles. The molecule has 8 heteroatoms. The van der Waals surface area contributed by atoms with Gasteiger partial charge in [0.15, 0.2) is 0 Å². The highest BCUT2D eigenvalue weighted by Gasteiger charge is 2.15. The van der Waals surface area contributed by atoms with Gasteiger partial charge in [0.25, 0.3) is 11.6 Å². The molecule has 2 amide bonds. The quantitative estimate of drug-likeness (QED) is 0.585. The summed E-state index contributed by atoms with van der Waals surface area (Å²) in [5, 5.41) is 16.0. The summed E-state index contributed by atoms with van der Waals surface area (Å²) >= 11 is 0. The maximum atomic E-state index is 12.1. The van der Waals surface area contributed by atoms with Crippen LogP contribution in [0.3, 0.4) is 0 Å². The minimum Gasteiger partial charge on any atom is -0.494 e. The van der Waals surface area contributed by atoms with Crippen LogP contribution in [0.25, 0.3) is 0 Å². The van der Waals surface area contributed by atoms with Crippen molar-refractivity contribution in [1.29, 1.82) is 0 Å². The molecule has 0 radical (unpaired) electrons. The van der Waals surface area contributed by atoms with Crippen molar-refractivity contribution in [3.8, 4) is 5.75 Å². The van der Waals surface area contributed by atoms with E-state index < -0.39 is 16.7 Å². The van der Waals surface area contributed by atoms with Crippen LogP contribution < -0.4 is 15.4 Å². The molecule has 0 unspecified atom stereocenters. The number of amides is 2. The molecule has 2 rings (SSSR count). The number of nitro benzene ring substituents is 1. The van der Waals surface area contributed by atoms with Gasteiger partial charge in [-0.15, -0.1) is 0 Å². The van der Waals surface area contributed by atoms with E-state index in [-0.39, 0.29) is 12.2 Å². The Labute approximate surface area is 150 Å². The number of anilines is 1. The third-order valence-corrected chi connectivity index (χ3v) is 3.61. The molecule has 0 aliphatic carbocycles. The van der Waals surface area contributed by atoms with Gasteiger partial charge in [-0.1, -0.05) is 6.07 Å². The van der Waals surface area contributed by atoms with Gasteiger partial charge in [-0.25, -0.2) is 0 Å². The van der Waals surface area contributed by atoms with Gasteiger partial charge in [0.1, 0.15) is 5.75 Å². The smallest absolute Gasteiger partial charge is 0.274 e. The average molecular weight is 357 g/mol. The molecule has 0 aliphatic heterocycles. The van der Waals surface area contributed by atoms with Crippen molar-refractivity contribution in [2.45, 2.75) is 13.8 Å². The zero-order valence-electron chi connectivity index (χ0n) is 14.4. The van der Waals surface area contributed by atoms with E-state index in [2.05, 4.69) is 10.6 Å². The highest BCUT2D eigenvalue weighted by atomic mass is 16.6. The summed E-state index contributed by atoms with van der Waals surface area (Å²) in [4.78, 5) is 34.5. The van der Waals surface area contributed by atoms with E-state index in [0.717, 1.165) is 0 Å². The number of nitro groups is 1. The van der Waals surface area contributed by atoms with Crippen molar-refractivity contribution in [1.82, 2.24) is 5.32 Å². The van der Waals surface area contributed by atoms with Crippen LogP contribution in [0.1, 0.15) is 22.8 Å². The number of ether oxygens (including phenoxy) is 1. The van der Waals surface area contributed by atoms with E-state index in [9.17, 15) is 19.7 Å². The van der Waals surface area contributed by atoms with Gasteiger partial charge in [-0.05, 0) is 44.2 Å². The monoisotopic (exact) mass is 357 g/mol.